The van der Waals surface area contributed by atoms with E-state index < -0.39 is 0 Å². The van der Waals surface area contributed by atoms with Crippen LogP contribution in [0.3, 0.4) is 0 Å². The van der Waals surface area contributed by atoms with Crippen molar-refractivity contribution in [1.82, 2.24) is 9.38 Å². The van der Waals surface area contributed by atoms with Gasteiger partial charge >= 0.3 is 0 Å². The van der Waals surface area contributed by atoms with Crippen molar-refractivity contribution in [3.05, 3.63) is 31.8 Å². The molecule has 0 saturated carbocycles. The molecule has 0 radical (unpaired) electrons. The minimum atomic E-state index is 1.01. The van der Waals surface area contributed by atoms with Crippen molar-refractivity contribution < 1.29 is 0 Å². The molecule has 2 aromatic rings. The molecule has 56 valence electrons. The van der Waals surface area contributed by atoms with E-state index in [0.29, 0.717) is 0 Å². The van der Waals surface area contributed by atoms with Gasteiger partial charge in [0.15, 0.2) is 0 Å². The first-order chi connectivity index (χ1) is 5.25. The molecule has 2 heterocycles. The largest absolute Gasteiger partial charge is 0.306 e. The monoisotopic (exact) mass is 370 g/mol. The van der Waals surface area contributed by atoms with Crippen molar-refractivity contribution in [2.24, 2.45) is 0 Å². The average molecular weight is 370 g/mol. The molecule has 4 heteroatoms. The highest BCUT2D eigenvalue weighted by Crippen LogP contribution is 2.11. The van der Waals surface area contributed by atoms with E-state index in [1.807, 2.05) is 10.6 Å². The molecule has 0 aromatic carbocycles. The van der Waals surface area contributed by atoms with E-state index in [9.17, 15) is 0 Å². The predicted molar refractivity (Wildman–Crippen MR) is 60.6 cm³/mol. The highest BCUT2D eigenvalue weighted by atomic mass is 127. The standard InChI is InChI=1S/C7H4I2N2/c8-5-1-7-10-2-6(9)4-11(7)3-5/h1-4H. The third-order valence-corrected chi connectivity index (χ3v) is 2.52. The summed E-state index contributed by atoms with van der Waals surface area (Å²) >= 11 is 4.53. The first-order valence-corrected chi connectivity index (χ1v) is 5.20. The highest BCUT2D eigenvalue weighted by molar-refractivity contribution is 14.1. The molecule has 2 aromatic heterocycles. The second-order valence-corrected chi connectivity index (χ2v) is 4.69. The van der Waals surface area contributed by atoms with E-state index in [1.165, 1.54) is 3.57 Å². The summed E-state index contributed by atoms with van der Waals surface area (Å²) in [7, 11) is 0. The molecule has 0 atom stereocenters. The van der Waals surface area contributed by atoms with Crippen LogP contribution in [0.25, 0.3) is 5.65 Å². The van der Waals surface area contributed by atoms with Crippen LogP contribution >= 0.6 is 45.2 Å². The van der Waals surface area contributed by atoms with Crippen molar-refractivity contribution in [2.45, 2.75) is 0 Å². The van der Waals surface area contributed by atoms with Gasteiger partial charge in [0.05, 0.1) is 0 Å². The van der Waals surface area contributed by atoms with Crippen molar-refractivity contribution in [1.29, 1.82) is 0 Å². The molecule has 11 heavy (non-hydrogen) atoms. The number of hydrogen-bond acceptors (Lipinski definition) is 1. The minimum Gasteiger partial charge on any atom is -0.306 e. The Labute approximate surface area is 91.3 Å². The summed E-state index contributed by atoms with van der Waals surface area (Å²) in [5.41, 5.74) is 1.01. The van der Waals surface area contributed by atoms with Crippen molar-refractivity contribution in [3.63, 3.8) is 0 Å². The maximum Gasteiger partial charge on any atom is 0.137 e. The molecule has 0 unspecified atom stereocenters. The van der Waals surface area contributed by atoms with E-state index in [1.54, 1.807) is 0 Å². The van der Waals surface area contributed by atoms with E-state index in [0.717, 1.165) is 9.22 Å². The average Bonchev–Trinajstić information content (AvgIpc) is 2.27. The number of hydrogen-bond donors (Lipinski definition) is 0. The Morgan fingerprint density at radius 2 is 1.91 bits per heavy atom. The van der Waals surface area contributed by atoms with Gasteiger partial charge in [-0.15, -0.1) is 0 Å². The Morgan fingerprint density at radius 1 is 1.18 bits per heavy atom. The molecule has 0 spiro atoms. The van der Waals surface area contributed by atoms with E-state index in [4.69, 9.17) is 0 Å². The number of nitrogens with zero attached hydrogens (tertiary/aromatic N) is 2. The Morgan fingerprint density at radius 3 is 2.73 bits per heavy atom. The number of rotatable bonds is 0. The van der Waals surface area contributed by atoms with Gasteiger partial charge < -0.3 is 4.40 Å². The zero-order valence-corrected chi connectivity index (χ0v) is 9.77. The molecule has 0 N–H and O–H groups in total. The van der Waals surface area contributed by atoms with Gasteiger partial charge in [-0.25, -0.2) is 4.98 Å². The molecule has 0 bridgehead atoms. The van der Waals surface area contributed by atoms with Crippen LogP contribution in [0.4, 0.5) is 0 Å². The summed E-state index contributed by atoms with van der Waals surface area (Å²) in [6, 6.07) is 2.05. The Bertz CT molecular complexity index is 394. The molecule has 0 aliphatic carbocycles. The fourth-order valence-electron chi connectivity index (χ4n) is 0.935. The van der Waals surface area contributed by atoms with E-state index in [-0.39, 0.29) is 0 Å². The second kappa shape index (κ2) is 2.89. The lowest BCUT2D eigenvalue weighted by Crippen LogP contribution is -1.85. The normalized spacial score (nSPS) is 10.7. The number of halogens is 2. The topological polar surface area (TPSA) is 17.3 Å². The summed E-state index contributed by atoms with van der Waals surface area (Å²) in [6.45, 7) is 0. The first-order valence-electron chi connectivity index (χ1n) is 3.04. The molecule has 2 rings (SSSR count). The van der Waals surface area contributed by atoms with Crippen molar-refractivity contribution >= 4 is 50.8 Å². The summed E-state index contributed by atoms with van der Waals surface area (Å²) < 4.78 is 4.41. The lowest BCUT2D eigenvalue weighted by molar-refractivity contribution is 1.11. The fraction of sp³-hybridized carbons (Fsp3) is 0. The number of fused-ring (bicyclic) bond motifs is 1. The smallest absolute Gasteiger partial charge is 0.137 e. The fourth-order valence-corrected chi connectivity index (χ4v) is 1.95. The Hall–Kier alpha value is 0.150. The van der Waals surface area contributed by atoms with Crippen LogP contribution in [0.1, 0.15) is 0 Å². The molecular formula is C7H4I2N2. The van der Waals surface area contributed by atoms with Crippen LogP contribution in [-0.2, 0) is 0 Å². The summed E-state index contributed by atoms with van der Waals surface area (Å²) in [6.07, 6.45) is 5.99. The first kappa shape index (κ1) is 7.78. The Balaban J connectivity index is 2.82. The predicted octanol–water partition coefficient (Wildman–Crippen LogP) is 2.54. The van der Waals surface area contributed by atoms with Gasteiger partial charge in [0.2, 0.25) is 0 Å². The lowest BCUT2D eigenvalue weighted by Gasteiger charge is -1.92. The minimum absolute atomic E-state index is 1.01. The quantitative estimate of drug-likeness (QED) is 0.652. The van der Waals surface area contributed by atoms with Crippen LogP contribution in [-0.4, -0.2) is 9.38 Å². The maximum absolute atomic E-state index is 4.25. The van der Waals surface area contributed by atoms with Crippen LogP contribution in [0.15, 0.2) is 24.7 Å². The second-order valence-electron chi connectivity index (χ2n) is 2.20. The zero-order valence-electron chi connectivity index (χ0n) is 5.46. The molecule has 2 nitrogen and oxygen atoms in total. The van der Waals surface area contributed by atoms with Gasteiger partial charge in [-0.3, -0.25) is 0 Å². The van der Waals surface area contributed by atoms with Crippen molar-refractivity contribution in [2.75, 3.05) is 0 Å². The number of aromatic nitrogens is 2. The molecule has 0 fully saturated rings. The molecule has 0 aliphatic rings. The van der Waals surface area contributed by atoms with Gasteiger partial charge in [0.25, 0.3) is 0 Å². The maximum atomic E-state index is 4.25. The van der Waals surface area contributed by atoms with E-state index >= 15 is 0 Å². The molecule has 0 aliphatic heterocycles. The Kier molecular flexibility index (Phi) is 2.04. The molecule has 0 amide bonds. The van der Waals surface area contributed by atoms with Crippen molar-refractivity contribution in [3.8, 4) is 0 Å². The zero-order chi connectivity index (χ0) is 7.84. The summed E-state index contributed by atoms with van der Waals surface area (Å²) in [4.78, 5) is 4.25. The van der Waals surface area contributed by atoms with Crippen LogP contribution in [0.2, 0.25) is 0 Å². The van der Waals surface area contributed by atoms with Crippen LogP contribution in [0, 0.1) is 7.14 Å². The lowest BCUT2D eigenvalue weighted by atomic mass is 10.6. The third kappa shape index (κ3) is 1.51. The van der Waals surface area contributed by atoms with Gasteiger partial charge in [-0.2, -0.15) is 0 Å². The molecular weight excluding hydrogens is 366 g/mol. The van der Waals surface area contributed by atoms with Crippen LogP contribution in [0.5, 0.6) is 0 Å². The van der Waals surface area contributed by atoms with Gasteiger partial charge in [0, 0.05) is 25.7 Å². The van der Waals surface area contributed by atoms with Crippen LogP contribution < -0.4 is 0 Å². The van der Waals surface area contributed by atoms with E-state index in [2.05, 4.69) is 68.6 Å². The summed E-state index contributed by atoms with van der Waals surface area (Å²) in [5, 5.41) is 0. The SMILES string of the molecule is Ic1cnc2cc(I)cn2c1. The molecule has 0 saturated heterocycles. The highest BCUT2D eigenvalue weighted by Gasteiger charge is 1.96. The third-order valence-electron chi connectivity index (χ3n) is 1.38. The summed E-state index contributed by atoms with van der Waals surface area (Å²) in [5.74, 6) is 0. The van der Waals surface area contributed by atoms with Gasteiger partial charge in [0.1, 0.15) is 5.65 Å². The van der Waals surface area contributed by atoms with Gasteiger partial charge in [-0.05, 0) is 51.2 Å². The van der Waals surface area contributed by atoms with Gasteiger partial charge in [-0.1, -0.05) is 0 Å².